The molecule has 0 radical (unpaired) electrons. The Hall–Kier alpha value is -1.24. The Morgan fingerprint density at radius 1 is 0.647 bits per heavy atom. The predicted octanol–water partition coefficient (Wildman–Crippen LogP) is -0.780. The predicted molar refractivity (Wildman–Crippen MR) is 67.4 cm³/mol. The summed E-state index contributed by atoms with van der Waals surface area (Å²) in [4.78, 5) is 0. The van der Waals surface area contributed by atoms with E-state index < -0.39 is 11.3 Å². The van der Waals surface area contributed by atoms with Gasteiger partial charge in [-0.3, -0.25) is 0 Å². The Labute approximate surface area is 100 Å². The van der Waals surface area contributed by atoms with Crippen LogP contribution in [0.15, 0.2) is 48.6 Å². The van der Waals surface area contributed by atoms with E-state index in [-0.39, 0.29) is 12.2 Å². The lowest BCUT2D eigenvalue weighted by Crippen LogP contribution is -2.47. The summed E-state index contributed by atoms with van der Waals surface area (Å²) in [5.41, 5.74) is 21.0. The molecule has 0 aromatic carbocycles. The first kappa shape index (κ1) is 12.2. The number of ether oxygens (including phenoxy) is 1. The van der Waals surface area contributed by atoms with Crippen molar-refractivity contribution in [3.63, 3.8) is 0 Å². The van der Waals surface area contributed by atoms with Crippen molar-refractivity contribution in [1.82, 2.24) is 0 Å². The molecule has 0 aromatic rings. The normalized spacial score (nSPS) is 26.6. The molecule has 0 aromatic heterocycles. The lowest BCUT2D eigenvalue weighted by Gasteiger charge is -2.26. The summed E-state index contributed by atoms with van der Waals surface area (Å²) in [6.07, 6.45) is 13.9. The molecule has 0 spiro atoms. The van der Waals surface area contributed by atoms with Crippen LogP contribution in [-0.2, 0) is 4.74 Å². The standard InChI is InChI=1S/C12H18N4O/c13-11(14)5-1-9(2-6-11)17-10-3-7-12(15,16)8-4-10/h1-10H,13-16H2. The second-order valence-electron chi connectivity index (χ2n) is 4.50. The highest BCUT2D eigenvalue weighted by atomic mass is 16.5. The van der Waals surface area contributed by atoms with E-state index in [0.717, 1.165) is 0 Å². The van der Waals surface area contributed by atoms with Gasteiger partial charge in [0.2, 0.25) is 0 Å². The van der Waals surface area contributed by atoms with Crippen LogP contribution in [-0.4, -0.2) is 23.5 Å². The molecular formula is C12H18N4O. The van der Waals surface area contributed by atoms with E-state index in [0.29, 0.717) is 0 Å². The third-order valence-electron chi connectivity index (χ3n) is 2.61. The minimum atomic E-state index is -0.873. The lowest BCUT2D eigenvalue weighted by atomic mass is 10.0. The zero-order valence-corrected chi connectivity index (χ0v) is 9.49. The summed E-state index contributed by atoms with van der Waals surface area (Å²) in [6.45, 7) is 0. The van der Waals surface area contributed by atoms with Crippen LogP contribution >= 0.6 is 0 Å². The summed E-state index contributed by atoms with van der Waals surface area (Å²) in [5, 5.41) is 0. The maximum absolute atomic E-state index is 5.75. The van der Waals surface area contributed by atoms with Crippen LogP contribution in [0.3, 0.4) is 0 Å². The quantitative estimate of drug-likeness (QED) is 0.370. The van der Waals surface area contributed by atoms with Gasteiger partial charge in [0.05, 0.1) is 12.2 Å². The largest absolute Gasteiger partial charge is 0.359 e. The molecule has 0 atom stereocenters. The molecule has 0 saturated carbocycles. The van der Waals surface area contributed by atoms with Gasteiger partial charge in [0.25, 0.3) is 0 Å². The highest BCUT2D eigenvalue weighted by Crippen LogP contribution is 2.16. The highest BCUT2D eigenvalue weighted by Gasteiger charge is 2.21. The average molecular weight is 234 g/mol. The molecule has 5 heteroatoms. The van der Waals surface area contributed by atoms with Gasteiger partial charge in [-0.2, -0.15) is 0 Å². The molecule has 0 heterocycles. The van der Waals surface area contributed by atoms with Gasteiger partial charge in [0.15, 0.2) is 0 Å². The zero-order chi connectivity index (χ0) is 12.5. The first-order valence-electron chi connectivity index (χ1n) is 5.45. The van der Waals surface area contributed by atoms with Gasteiger partial charge in [-0.05, 0) is 24.3 Å². The van der Waals surface area contributed by atoms with Crippen molar-refractivity contribution < 1.29 is 4.74 Å². The second kappa shape index (κ2) is 4.21. The lowest BCUT2D eigenvalue weighted by molar-refractivity contribution is 0.0927. The molecule has 17 heavy (non-hydrogen) atoms. The molecule has 0 saturated heterocycles. The summed E-state index contributed by atoms with van der Waals surface area (Å²) < 4.78 is 5.75. The molecule has 0 amide bonds. The van der Waals surface area contributed by atoms with Crippen LogP contribution in [0.4, 0.5) is 0 Å². The SMILES string of the molecule is NC1(N)C=CC(OC2C=CC(N)(N)C=C2)C=C1. The van der Waals surface area contributed by atoms with Crippen LogP contribution in [0.5, 0.6) is 0 Å². The summed E-state index contributed by atoms with van der Waals surface area (Å²) in [5.74, 6) is 0. The Kier molecular flexibility index (Phi) is 3.03. The third kappa shape index (κ3) is 3.36. The molecule has 0 unspecified atom stereocenters. The van der Waals surface area contributed by atoms with Crippen LogP contribution in [0.2, 0.25) is 0 Å². The van der Waals surface area contributed by atoms with Gasteiger partial charge in [-0.1, -0.05) is 24.3 Å². The monoisotopic (exact) mass is 234 g/mol. The minimum absolute atomic E-state index is 0.141. The number of rotatable bonds is 2. The fraction of sp³-hybridized carbons (Fsp3) is 0.333. The Morgan fingerprint density at radius 2 is 0.941 bits per heavy atom. The topological polar surface area (TPSA) is 113 Å². The number of nitrogens with two attached hydrogens (primary N) is 4. The first-order valence-corrected chi connectivity index (χ1v) is 5.45. The molecule has 2 rings (SSSR count). The van der Waals surface area contributed by atoms with Crippen molar-refractivity contribution in [3.8, 4) is 0 Å². The number of hydrogen-bond donors (Lipinski definition) is 4. The van der Waals surface area contributed by atoms with Crippen LogP contribution < -0.4 is 22.9 Å². The van der Waals surface area contributed by atoms with Crippen molar-refractivity contribution in [2.24, 2.45) is 22.9 Å². The molecule has 5 nitrogen and oxygen atoms in total. The van der Waals surface area contributed by atoms with Gasteiger partial charge >= 0.3 is 0 Å². The van der Waals surface area contributed by atoms with E-state index in [1.165, 1.54) is 0 Å². The van der Waals surface area contributed by atoms with E-state index in [1.807, 2.05) is 24.3 Å². The minimum Gasteiger partial charge on any atom is -0.359 e. The van der Waals surface area contributed by atoms with E-state index in [4.69, 9.17) is 27.7 Å². The summed E-state index contributed by atoms with van der Waals surface area (Å²) >= 11 is 0. The molecule has 2 aliphatic carbocycles. The first-order chi connectivity index (χ1) is 7.86. The highest BCUT2D eigenvalue weighted by molar-refractivity contribution is 5.26. The summed E-state index contributed by atoms with van der Waals surface area (Å²) in [6, 6.07) is 0. The molecule has 92 valence electrons. The fourth-order valence-electron chi connectivity index (χ4n) is 1.65. The van der Waals surface area contributed by atoms with Gasteiger partial charge in [-0.25, -0.2) is 0 Å². The zero-order valence-electron chi connectivity index (χ0n) is 9.49. The van der Waals surface area contributed by atoms with Gasteiger partial charge in [0, 0.05) is 0 Å². The van der Waals surface area contributed by atoms with Crippen molar-refractivity contribution in [2.75, 3.05) is 0 Å². The molecule has 0 bridgehead atoms. The third-order valence-corrected chi connectivity index (χ3v) is 2.61. The van der Waals surface area contributed by atoms with Gasteiger partial charge in [-0.15, -0.1) is 0 Å². The van der Waals surface area contributed by atoms with Gasteiger partial charge < -0.3 is 27.7 Å². The molecular weight excluding hydrogens is 216 g/mol. The number of hydrogen-bond acceptors (Lipinski definition) is 5. The smallest absolute Gasteiger partial charge is 0.102 e. The van der Waals surface area contributed by atoms with E-state index >= 15 is 0 Å². The van der Waals surface area contributed by atoms with Crippen molar-refractivity contribution in [1.29, 1.82) is 0 Å². The molecule has 0 aliphatic heterocycles. The molecule has 0 fully saturated rings. The Morgan fingerprint density at radius 3 is 1.24 bits per heavy atom. The van der Waals surface area contributed by atoms with Crippen LogP contribution in [0.1, 0.15) is 0 Å². The van der Waals surface area contributed by atoms with E-state index in [9.17, 15) is 0 Å². The van der Waals surface area contributed by atoms with Crippen LogP contribution in [0, 0.1) is 0 Å². The van der Waals surface area contributed by atoms with Gasteiger partial charge in [0.1, 0.15) is 11.3 Å². The molecule has 8 N–H and O–H groups in total. The van der Waals surface area contributed by atoms with Crippen LogP contribution in [0.25, 0.3) is 0 Å². The van der Waals surface area contributed by atoms with E-state index in [2.05, 4.69) is 0 Å². The van der Waals surface area contributed by atoms with Crippen molar-refractivity contribution in [3.05, 3.63) is 48.6 Å². The van der Waals surface area contributed by atoms with Crippen molar-refractivity contribution in [2.45, 2.75) is 23.5 Å². The fourth-order valence-corrected chi connectivity index (χ4v) is 1.65. The summed E-state index contributed by atoms with van der Waals surface area (Å²) in [7, 11) is 0. The second-order valence-corrected chi connectivity index (χ2v) is 4.50. The van der Waals surface area contributed by atoms with Crippen molar-refractivity contribution >= 4 is 0 Å². The maximum Gasteiger partial charge on any atom is 0.102 e. The average Bonchev–Trinajstić information content (AvgIpc) is 2.24. The van der Waals surface area contributed by atoms with E-state index in [1.54, 1.807) is 24.3 Å². The Bertz CT molecular complexity index is 337. The Balaban J connectivity index is 1.93. The maximum atomic E-state index is 5.75. The molecule has 2 aliphatic rings.